The normalized spacial score (nSPS) is 11.8. The van der Waals surface area contributed by atoms with E-state index in [1.54, 1.807) is 24.4 Å². The third-order valence-electron chi connectivity index (χ3n) is 4.88. The molecule has 0 aliphatic carbocycles. The summed E-state index contributed by atoms with van der Waals surface area (Å²) >= 11 is 5.94. The van der Waals surface area contributed by atoms with Gasteiger partial charge in [0.2, 0.25) is 0 Å². The van der Waals surface area contributed by atoms with Gasteiger partial charge in [-0.25, -0.2) is 4.98 Å². The van der Waals surface area contributed by atoms with Gasteiger partial charge in [-0.3, -0.25) is 4.79 Å². The molecular weight excluding hydrogens is 412 g/mol. The Morgan fingerprint density at radius 1 is 1.13 bits per heavy atom. The number of phenols is 1. The molecule has 3 aromatic rings. The van der Waals surface area contributed by atoms with Gasteiger partial charge in [-0.05, 0) is 79.4 Å². The van der Waals surface area contributed by atoms with E-state index in [1.165, 1.54) is 6.07 Å². The van der Waals surface area contributed by atoms with E-state index in [4.69, 9.17) is 17.3 Å². The highest BCUT2D eigenvalue weighted by atomic mass is 35.5. The molecule has 0 unspecified atom stereocenters. The van der Waals surface area contributed by atoms with E-state index < -0.39 is 0 Å². The van der Waals surface area contributed by atoms with E-state index in [9.17, 15) is 9.90 Å². The zero-order chi connectivity index (χ0) is 22.2. The van der Waals surface area contributed by atoms with Gasteiger partial charge in [0.1, 0.15) is 11.6 Å². The van der Waals surface area contributed by atoms with Crippen molar-refractivity contribution < 1.29 is 9.90 Å². The Morgan fingerprint density at radius 3 is 2.71 bits per heavy atom. The van der Waals surface area contributed by atoms with Crippen LogP contribution in [0.5, 0.6) is 5.75 Å². The Kier molecular flexibility index (Phi) is 7.87. The van der Waals surface area contributed by atoms with Gasteiger partial charge < -0.3 is 21.5 Å². The molecule has 0 saturated carbocycles. The molecule has 1 heterocycles. The van der Waals surface area contributed by atoms with E-state index >= 15 is 0 Å². The predicted molar refractivity (Wildman–Crippen MR) is 124 cm³/mol. The molecule has 0 fully saturated rings. The highest BCUT2D eigenvalue weighted by Crippen LogP contribution is 2.19. The van der Waals surface area contributed by atoms with E-state index in [0.29, 0.717) is 16.4 Å². The summed E-state index contributed by atoms with van der Waals surface area (Å²) in [5.41, 5.74) is 9.18. The predicted octanol–water partition coefficient (Wildman–Crippen LogP) is 3.72. The van der Waals surface area contributed by atoms with Crippen LogP contribution in [-0.2, 0) is 19.4 Å². The molecule has 5 N–H and O–H groups in total. The summed E-state index contributed by atoms with van der Waals surface area (Å²) in [5, 5.41) is 16.4. The summed E-state index contributed by atoms with van der Waals surface area (Å²) < 4.78 is 0. The number of amides is 1. The first-order valence-corrected chi connectivity index (χ1v) is 10.6. The monoisotopic (exact) mass is 438 g/mol. The van der Waals surface area contributed by atoms with Gasteiger partial charge in [0.15, 0.2) is 0 Å². The van der Waals surface area contributed by atoms with Crippen LogP contribution in [0.15, 0.2) is 60.8 Å². The first-order valence-electron chi connectivity index (χ1n) is 10.2. The van der Waals surface area contributed by atoms with Crippen LogP contribution >= 0.6 is 11.6 Å². The zero-order valence-electron chi connectivity index (χ0n) is 17.4. The van der Waals surface area contributed by atoms with Crippen LogP contribution in [0.25, 0.3) is 0 Å². The summed E-state index contributed by atoms with van der Waals surface area (Å²) in [6.45, 7) is 3.24. The summed E-state index contributed by atoms with van der Waals surface area (Å²) in [6, 6.07) is 16.4. The number of nitrogens with one attached hydrogen (secondary N) is 2. The smallest absolute Gasteiger partial charge is 0.251 e. The maximum absolute atomic E-state index is 12.5. The molecule has 0 bridgehead atoms. The van der Waals surface area contributed by atoms with Crippen molar-refractivity contribution in [1.82, 2.24) is 15.6 Å². The number of benzene rings is 2. The largest absolute Gasteiger partial charge is 0.508 e. The minimum atomic E-state index is -0.169. The van der Waals surface area contributed by atoms with Crippen LogP contribution in [0.1, 0.15) is 34.0 Å². The number of pyridine rings is 1. The van der Waals surface area contributed by atoms with Crippen LogP contribution in [0.4, 0.5) is 5.82 Å². The third kappa shape index (κ3) is 7.27. The van der Waals surface area contributed by atoms with Gasteiger partial charge in [0.25, 0.3) is 5.91 Å². The SMILES string of the molecule is C[C@H](Cc1cccc(C(=O)NCc2cc(O)cc(Cl)c2)c1)NCCc1ccc(N)nc1. The van der Waals surface area contributed by atoms with Gasteiger partial charge in [-0.2, -0.15) is 0 Å². The Balaban J connectivity index is 1.49. The molecule has 0 aliphatic rings. The average Bonchev–Trinajstić information content (AvgIpc) is 2.73. The van der Waals surface area contributed by atoms with Crippen LogP contribution in [0.2, 0.25) is 5.02 Å². The Morgan fingerprint density at radius 2 is 1.97 bits per heavy atom. The molecule has 162 valence electrons. The molecule has 0 spiro atoms. The number of carbonyl (C=O) groups excluding carboxylic acids is 1. The molecule has 1 atom stereocenters. The first-order chi connectivity index (χ1) is 14.9. The maximum atomic E-state index is 12.5. The molecule has 3 rings (SSSR count). The number of nitrogens with zero attached hydrogens (tertiary/aromatic N) is 1. The fraction of sp³-hybridized carbons (Fsp3) is 0.250. The molecule has 2 aromatic carbocycles. The minimum Gasteiger partial charge on any atom is -0.508 e. The second-order valence-electron chi connectivity index (χ2n) is 7.60. The third-order valence-corrected chi connectivity index (χ3v) is 5.10. The highest BCUT2D eigenvalue weighted by molar-refractivity contribution is 6.30. The standard InChI is InChI=1S/C24H27ClN4O2/c1-16(27-8-7-17-5-6-23(26)28-14-17)9-18-3-2-4-20(10-18)24(31)29-15-19-11-21(25)13-22(30)12-19/h2-6,10-14,16,27,30H,7-9,15H2,1H3,(H2,26,28)(H,29,31)/t16-/m1/s1. The second-order valence-corrected chi connectivity index (χ2v) is 8.04. The van der Waals surface area contributed by atoms with Crippen molar-refractivity contribution in [2.45, 2.75) is 32.4 Å². The summed E-state index contributed by atoms with van der Waals surface area (Å²) in [5.74, 6) is 0.436. The van der Waals surface area contributed by atoms with Crippen molar-refractivity contribution in [3.63, 3.8) is 0 Å². The lowest BCUT2D eigenvalue weighted by Crippen LogP contribution is -2.30. The van der Waals surface area contributed by atoms with E-state index in [0.717, 1.165) is 36.1 Å². The first kappa shape index (κ1) is 22.6. The molecule has 0 radical (unpaired) electrons. The maximum Gasteiger partial charge on any atom is 0.251 e. The Hall–Kier alpha value is -3.09. The van der Waals surface area contributed by atoms with Gasteiger partial charge in [0.05, 0.1) is 0 Å². The lowest BCUT2D eigenvalue weighted by Gasteiger charge is -2.15. The number of aromatic nitrogens is 1. The number of phenolic OH excluding ortho intramolecular Hbond substituents is 1. The minimum absolute atomic E-state index is 0.0768. The number of nitrogens with two attached hydrogens (primary N) is 1. The molecule has 0 saturated heterocycles. The fourth-order valence-corrected chi connectivity index (χ4v) is 3.58. The van der Waals surface area contributed by atoms with Crippen molar-refractivity contribution in [3.8, 4) is 5.75 Å². The van der Waals surface area contributed by atoms with E-state index in [1.807, 2.05) is 30.3 Å². The summed E-state index contributed by atoms with van der Waals surface area (Å²) in [7, 11) is 0. The van der Waals surface area contributed by atoms with Crippen molar-refractivity contribution in [3.05, 3.63) is 88.1 Å². The molecular formula is C24H27ClN4O2. The number of hydrogen-bond acceptors (Lipinski definition) is 5. The fourth-order valence-electron chi connectivity index (χ4n) is 3.33. The van der Waals surface area contributed by atoms with Crippen molar-refractivity contribution in [2.24, 2.45) is 0 Å². The van der Waals surface area contributed by atoms with Crippen LogP contribution in [0.3, 0.4) is 0 Å². The highest BCUT2D eigenvalue weighted by Gasteiger charge is 2.09. The van der Waals surface area contributed by atoms with Gasteiger partial charge >= 0.3 is 0 Å². The van der Waals surface area contributed by atoms with Gasteiger partial charge in [0, 0.05) is 29.4 Å². The van der Waals surface area contributed by atoms with Gasteiger partial charge in [-0.1, -0.05) is 29.8 Å². The van der Waals surface area contributed by atoms with Crippen LogP contribution in [-0.4, -0.2) is 28.6 Å². The second kappa shape index (κ2) is 10.8. The topological polar surface area (TPSA) is 100 Å². The van der Waals surface area contributed by atoms with Crippen LogP contribution < -0.4 is 16.4 Å². The summed E-state index contributed by atoms with van der Waals surface area (Å²) in [6.07, 6.45) is 3.48. The van der Waals surface area contributed by atoms with Crippen LogP contribution in [0, 0.1) is 0 Å². The summed E-state index contributed by atoms with van der Waals surface area (Å²) in [4.78, 5) is 16.6. The number of rotatable bonds is 9. The van der Waals surface area contributed by atoms with Crippen molar-refractivity contribution in [1.29, 1.82) is 0 Å². The average molecular weight is 439 g/mol. The number of hydrogen-bond donors (Lipinski definition) is 4. The quantitative estimate of drug-likeness (QED) is 0.408. The Labute approximate surface area is 187 Å². The number of nitrogen functional groups attached to an aromatic ring is 1. The van der Waals surface area contributed by atoms with Crippen molar-refractivity contribution in [2.75, 3.05) is 12.3 Å². The lowest BCUT2D eigenvalue weighted by molar-refractivity contribution is 0.0950. The number of aromatic hydroxyl groups is 1. The zero-order valence-corrected chi connectivity index (χ0v) is 18.2. The molecule has 7 heteroatoms. The Bertz CT molecular complexity index is 1000. The van der Waals surface area contributed by atoms with E-state index in [2.05, 4.69) is 22.5 Å². The lowest BCUT2D eigenvalue weighted by atomic mass is 10.0. The van der Waals surface area contributed by atoms with Gasteiger partial charge in [-0.15, -0.1) is 0 Å². The van der Waals surface area contributed by atoms with E-state index in [-0.39, 0.29) is 24.2 Å². The number of halogens is 1. The number of carbonyl (C=O) groups is 1. The molecule has 1 aromatic heterocycles. The molecule has 0 aliphatic heterocycles. The number of anilines is 1. The molecule has 31 heavy (non-hydrogen) atoms. The molecule has 1 amide bonds. The molecule has 6 nitrogen and oxygen atoms in total. The van der Waals surface area contributed by atoms with Crippen molar-refractivity contribution >= 4 is 23.3 Å².